The molecule has 1 unspecified atom stereocenters. The van der Waals surface area contributed by atoms with Crippen molar-refractivity contribution < 1.29 is 14.3 Å². The van der Waals surface area contributed by atoms with Crippen LogP contribution in [0.1, 0.15) is 28.4 Å². The summed E-state index contributed by atoms with van der Waals surface area (Å²) in [5, 5.41) is 0.615. The highest BCUT2D eigenvalue weighted by atomic mass is 35.5. The van der Waals surface area contributed by atoms with Crippen LogP contribution >= 0.6 is 11.6 Å². The Morgan fingerprint density at radius 2 is 1.62 bits per heavy atom. The van der Waals surface area contributed by atoms with Crippen LogP contribution in [0.25, 0.3) is 0 Å². The van der Waals surface area contributed by atoms with Gasteiger partial charge >= 0.3 is 0 Å². The molecule has 2 amide bonds. The molecule has 6 heteroatoms. The van der Waals surface area contributed by atoms with Gasteiger partial charge in [-0.25, -0.2) is 0 Å². The maximum atomic E-state index is 12.1. The number of hydrazine groups is 1. The number of aryl methyl sites for hydroxylation is 2. The topological polar surface area (TPSA) is 67.4 Å². The van der Waals surface area contributed by atoms with E-state index >= 15 is 0 Å². The second-order valence-electron chi connectivity index (χ2n) is 5.44. The molecule has 0 saturated carbocycles. The average Bonchev–Trinajstić information content (AvgIpc) is 2.56. The first-order valence-electron chi connectivity index (χ1n) is 7.47. The van der Waals surface area contributed by atoms with Gasteiger partial charge in [0.25, 0.3) is 11.8 Å². The lowest BCUT2D eigenvalue weighted by molar-refractivity contribution is -0.128. The Morgan fingerprint density at radius 1 is 1.04 bits per heavy atom. The minimum atomic E-state index is -0.778. The molecule has 0 fully saturated rings. The monoisotopic (exact) mass is 346 g/mol. The van der Waals surface area contributed by atoms with Gasteiger partial charge in [0, 0.05) is 10.6 Å². The summed E-state index contributed by atoms with van der Waals surface area (Å²) in [6, 6.07) is 12.1. The molecule has 0 saturated heterocycles. The lowest BCUT2D eigenvalue weighted by Gasteiger charge is -2.18. The first-order chi connectivity index (χ1) is 11.4. The van der Waals surface area contributed by atoms with Gasteiger partial charge in [-0.05, 0) is 56.2 Å². The molecule has 0 bridgehead atoms. The van der Waals surface area contributed by atoms with Crippen LogP contribution < -0.4 is 15.6 Å². The summed E-state index contributed by atoms with van der Waals surface area (Å²) in [6.07, 6.45) is -0.778. The quantitative estimate of drug-likeness (QED) is 0.835. The van der Waals surface area contributed by atoms with Gasteiger partial charge in [0.2, 0.25) is 0 Å². The zero-order chi connectivity index (χ0) is 17.7. The highest BCUT2D eigenvalue weighted by Crippen LogP contribution is 2.27. The van der Waals surface area contributed by atoms with E-state index < -0.39 is 17.9 Å². The number of hydrogen-bond donors (Lipinski definition) is 2. The summed E-state index contributed by atoms with van der Waals surface area (Å²) >= 11 is 5.98. The Morgan fingerprint density at radius 3 is 2.21 bits per heavy atom. The van der Waals surface area contributed by atoms with Crippen molar-refractivity contribution in [3.63, 3.8) is 0 Å². The zero-order valence-electron chi connectivity index (χ0n) is 13.7. The fraction of sp³-hybridized carbons (Fsp3) is 0.222. The fourth-order valence-corrected chi connectivity index (χ4v) is 2.52. The maximum absolute atomic E-state index is 12.1. The van der Waals surface area contributed by atoms with Crippen LogP contribution in [0, 0.1) is 13.8 Å². The number of carbonyl (C=O) groups excluding carboxylic acids is 2. The van der Waals surface area contributed by atoms with E-state index in [2.05, 4.69) is 10.9 Å². The minimum Gasteiger partial charge on any atom is -0.480 e. The Labute approximate surface area is 145 Å². The fourth-order valence-electron chi connectivity index (χ4n) is 2.20. The van der Waals surface area contributed by atoms with E-state index in [9.17, 15) is 9.59 Å². The molecule has 0 aromatic heterocycles. The molecule has 2 aromatic carbocycles. The summed E-state index contributed by atoms with van der Waals surface area (Å²) in [7, 11) is 0. The molecule has 0 heterocycles. The molecule has 2 rings (SSSR count). The predicted molar refractivity (Wildman–Crippen MR) is 93.1 cm³/mol. The number of ether oxygens (including phenoxy) is 1. The number of amides is 2. The van der Waals surface area contributed by atoms with Gasteiger partial charge in [0.05, 0.1) is 0 Å². The summed E-state index contributed by atoms with van der Waals surface area (Å²) in [4.78, 5) is 24.0. The SMILES string of the molecule is Cc1cc(Cl)cc(C)c1OC(C)C(=O)NNC(=O)c1ccccc1. The van der Waals surface area contributed by atoms with Crippen molar-refractivity contribution in [2.75, 3.05) is 0 Å². The zero-order valence-corrected chi connectivity index (χ0v) is 14.5. The van der Waals surface area contributed by atoms with Crippen molar-refractivity contribution >= 4 is 23.4 Å². The van der Waals surface area contributed by atoms with Crippen LogP contribution in [-0.4, -0.2) is 17.9 Å². The molecule has 24 heavy (non-hydrogen) atoms. The molecule has 2 aromatic rings. The van der Waals surface area contributed by atoms with Crippen molar-refractivity contribution in [1.82, 2.24) is 10.9 Å². The predicted octanol–water partition coefficient (Wildman–Crippen LogP) is 3.19. The van der Waals surface area contributed by atoms with Crippen molar-refractivity contribution in [2.45, 2.75) is 26.9 Å². The number of nitrogens with one attached hydrogen (secondary N) is 2. The van der Waals surface area contributed by atoms with Crippen molar-refractivity contribution in [3.05, 3.63) is 64.2 Å². The highest BCUT2D eigenvalue weighted by Gasteiger charge is 2.18. The summed E-state index contributed by atoms with van der Waals surface area (Å²) in [5.41, 5.74) is 6.86. The van der Waals surface area contributed by atoms with E-state index in [1.807, 2.05) is 19.9 Å². The van der Waals surface area contributed by atoms with E-state index in [1.54, 1.807) is 43.3 Å². The van der Waals surface area contributed by atoms with E-state index in [0.717, 1.165) is 11.1 Å². The third-order valence-electron chi connectivity index (χ3n) is 3.42. The maximum Gasteiger partial charge on any atom is 0.279 e. The molecule has 126 valence electrons. The lowest BCUT2D eigenvalue weighted by atomic mass is 10.1. The molecule has 0 aliphatic rings. The number of halogens is 1. The highest BCUT2D eigenvalue weighted by molar-refractivity contribution is 6.30. The van der Waals surface area contributed by atoms with Gasteiger partial charge in [-0.2, -0.15) is 0 Å². The Kier molecular flexibility index (Phi) is 5.82. The summed E-state index contributed by atoms with van der Waals surface area (Å²) in [6.45, 7) is 5.32. The standard InChI is InChI=1S/C18H19ClN2O3/c1-11-9-15(19)10-12(2)16(11)24-13(3)17(22)20-21-18(23)14-7-5-4-6-8-14/h4-10,13H,1-3H3,(H,20,22)(H,21,23). The molecular formula is C18H19ClN2O3. The summed E-state index contributed by atoms with van der Waals surface area (Å²) in [5.74, 6) is -0.237. The van der Waals surface area contributed by atoms with Gasteiger partial charge in [-0.3, -0.25) is 20.4 Å². The molecular weight excluding hydrogens is 328 g/mol. The lowest BCUT2D eigenvalue weighted by Crippen LogP contribution is -2.47. The Hall–Kier alpha value is -2.53. The van der Waals surface area contributed by atoms with E-state index in [-0.39, 0.29) is 0 Å². The van der Waals surface area contributed by atoms with Gasteiger partial charge in [0.1, 0.15) is 5.75 Å². The van der Waals surface area contributed by atoms with E-state index in [0.29, 0.717) is 16.3 Å². The normalized spacial score (nSPS) is 11.5. The van der Waals surface area contributed by atoms with Crippen LogP contribution in [0.5, 0.6) is 5.75 Å². The van der Waals surface area contributed by atoms with Crippen LogP contribution in [0.4, 0.5) is 0 Å². The first-order valence-corrected chi connectivity index (χ1v) is 7.85. The van der Waals surface area contributed by atoms with Gasteiger partial charge < -0.3 is 4.74 Å². The molecule has 1 atom stereocenters. The Balaban J connectivity index is 1.94. The van der Waals surface area contributed by atoms with Crippen molar-refractivity contribution in [3.8, 4) is 5.75 Å². The molecule has 5 nitrogen and oxygen atoms in total. The molecule has 0 spiro atoms. The Bertz CT molecular complexity index is 724. The van der Waals surface area contributed by atoms with Crippen LogP contribution in [0.2, 0.25) is 5.02 Å². The molecule has 0 aliphatic heterocycles. The van der Waals surface area contributed by atoms with Crippen LogP contribution in [0.15, 0.2) is 42.5 Å². The number of rotatable bonds is 4. The van der Waals surface area contributed by atoms with Gasteiger partial charge in [0.15, 0.2) is 6.10 Å². The largest absolute Gasteiger partial charge is 0.480 e. The number of hydrogen-bond acceptors (Lipinski definition) is 3. The molecule has 0 radical (unpaired) electrons. The van der Waals surface area contributed by atoms with E-state index in [4.69, 9.17) is 16.3 Å². The minimum absolute atomic E-state index is 0.394. The molecule has 0 aliphatic carbocycles. The third kappa shape index (κ3) is 4.49. The average molecular weight is 347 g/mol. The second kappa shape index (κ2) is 7.84. The van der Waals surface area contributed by atoms with Crippen molar-refractivity contribution in [1.29, 1.82) is 0 Å². The first kappa shape index (κ1) is 17.8. The van der Waals surface area contributed by atoms with Crippen LogP contribution in [-0.2, 0) is 4.79 Å². The van der Waals surface area contributed by atoms with Gasteiger partial charge in [-0.15, -0.1) is 0 Å². The second-order valence-corrected chi connectivity index (χ2v) is 5.87. The number of carbonyl (C=O) groups is 2. The van der Waals surface area contributed by atoms with Crippen molar-refractivity contribution in [2.24, 2.45) is 0 Å². The van der Waals surface area contributed by atoms with Gasteiger partial charge in [-0.1, -0.05) is 29.8 Å². The third-order valence-corrected chi connectivity index (χ3v) is 3.64. The summed E-state index contributed by atoms with van der Waals surface area (Å²) < 4.78 is 5.71. The van der Waals surface area contributed by atoms with E-state index in [1.165, 1.54) is 0 Å². The number of benzene rings is 2. The van der Waals surface area contributed by atoms with Crippen LogP contribution in [0.3, 0.4) is 0 Å². The smallest absolute Gasteiger partial charge is 0.279 e. The molecule has 2 N–H and O–H groups in total.